The molecule has 1 saturated carbocycles. The summed E-state index contributed by atoms with van der Waals surface area (Å²) in [5.41, 5.74) is 0. The van der Waals surface area contributed by atoms with Gasteiger partial charge in [0.15, 0.2) is 0 Å². The van der Waals surface area contributed by atoms with Gasteiger partial charge in [-0.15, -0.1) is 0 Å². The first kappa shape index (κ1) is 16.3. The largest absolute Gasteiger partial charge is 0.243 e. The summed E-state index contributed by atoms with van der Waals surface area (Å²) < 4.78 is 62.6. The monoisotopic (exact) mass is 336 g/mol. The minimum atomic E-state index is -4.07. The molecular formula is C12H17FN2O4S2. The fourth-order valence-corrected chi connectivity index (χ4v) is 4.12. The van der Waals surface area contributed by atoms with E-state index in [1.54, 1.807) is 0 Å². The van der Waals surface area contributed by atoms with Crippen molar-refractivity contribution in [3.8, 4) is 0 Å². The summed E-state index contributed by atoms with van der Waals surface area (Å²) in [5.74, 6) is -0.849. The summed E-state index contributed by atoms with van der Waals surface area (Å²) in [4.78, 5) is -1.04. The Morgan fingerprint density at radius 3 is 2.52 bits per heavy atom. The predicted molar refractivity (Wildman–Crippen MR) is 74.9 cm³/mol. The standard InChI is InChI=1S/C12H17FN2O4S2/c1-2-3-8-6-11(8)15-21(18,19)12-5-4-9(7-10(12)13)20(14,16)17/h4-5,7-8,11,15H,2-3,6H2,1H3,(H2,14,16,17). The third-order valence-corrected chi connectivity index (χ3v) is 5.84. The van der Waals surface area contributed by atoms with Crippen molar-refractivity contribution in [2.45, 2.75) is 42.0 Å². The zero-order valence-corrected chi connectivity index (χ0v) is 13.0. The Balaban J connectivity index is 2.22. The highest BCUT2D eigenvalue weighted by Gasteiger charge is 2.39. The lowest BCUT2D eigenvalue weighted by Crippen LogP contribution is -2.28. The molecule has 0 radical (unpaired) electrons. The number of rotatable bonds is 6. The van der Waals surface area contributed by atoms with Crippen molar-refractivity contribution in [3.63, 3.8) is 0 Å². The van der Waals surface area contributed by atoms with Crippen LogP contribution < -0.4 is 9.86 Å². The van der Waals surface area contributed by atoms with E-state index in [2.05, 4.69) is 4.72 Å². The van der Waals surface area contributed by atoms with Crippen LogP contribution in [-0.4, -0.2) is 22.9 Å². The molecule has 2 atom stereocenters. The SMILES string of the molecule is CCCC1CC1NS(=O)(=O)c1ccc(S(N)(=O)=O)cc1F. The Hall–Kier alpha value is -1.03. The van der Waals surface area contributed by atoms with Crippen LogP contribution >= 0.6 is 0 Å². The summed E-state index contributed by atoms with van der Waals surface area (Å²) in [7, 11) is -8.07. The normalized spacial score (nSPS) is 22.2. The van der Waals surface area contributed by atoms with Crippen LogP contribution in [0.15, 0.2) is 28.0 Å². The van der Waals surface area contributed by atoms with Crippen LogP contribution in [0.25, 0.3) is 0 Å². The Morgan fingerprint density at radius 2 is 2.00 bits per heavy atom. The van der Waals surface area contributed by atoms with E-state index >= 15 is 0 Å². The molecule has 9 heteroatoms. The van der Waals surface area contributed by atoms with Crippen molar-refractivity contribution in [2.24, 2.45) is 11.1 Å². The van der Waals surface area contributed by atoms with E-state index in [0.29, 0.717) is 6.07 Å². The van der Waals surface area contributed by atoms with Gasteiger partial charge in [0.05, 0.1) is 4.90 Å². The van der Waals surface area contributed by atoms with Gasteiger partial charge in [0, 0.05) is 6.04 Å². The first-order valence-electron chi connectivity index (χ1n) is 6.50. The van der Waals surface area contributed by atoms with E-state index in [-0.39, 0.29) is 12.0 Å². The Labute approximate surface area is 123 Å². The van der Waals surface area contributed by atoms with Crippen LogP contribution in [0.4, 0.5) is 4.39 Å². The van der Waals surface area contributed by atoms with Crippen molar-refractivity contribution in [2.75, 3.05) is 0 Å². The number of halogens is 1. The van der Waals surface area contributed by atoms with Crippen molar-refractivity contribution < 1.29 is 21.2 Å². The second kappa shape index (κ2) is 5.64. The van der Waals surface area contributed by atoms with Gasteiger partial charge in [0.25, 0.3) is 0 Å². The maximum absolute atomic E-state index is 13.9. The van der Waals surface area contributed by atoms with Crippen LogP contribution in [-0.2, 0) is 20.0 Å². The van der Waals surface area contributed by atoms with Gasteiger partial charge in [-0.1, -0.05) is 13.3 Å². The Bertz CT molecular complexity index is 747. The molecule has 0 saturated heterocycles. The molecule has 0 heterocycles. The van der Waals surface area contributed by atoms with Crippen molar-refractivity contribution in [3.05, 3.63) is 24.0 Å². The first-order valence-corrected chi connectivity index (χ1v) is 9.53. The molecule has 1 aromatic carbocycles. The highest BCUT2D eigenvalue weighted by molar-refractivity contribution is 7.89. The van der Waals surface area contributed by atoms with Gasteiger partial charge in [-0.25, -0.2) is 31.1 Å². The van der Waals surface area contributed by atoms with Gasteiger partial charge in [-0.05, 0) is 37.0 Å². The molecule has 0 aromatic heterocycles. The lowest BCUT2D eigenvalue weighted by atomic mass is 10.2. The molecule has 6 nitrogen and oxygen atoms in total. The van der Waals surface area contributed by atoms with Gasteiger partial charge in [0.2, 0.25) is 20.0 Å². The summed E-state index contributed by atoms with van der Waals surface area (Å²) in [5, 5.41) is 4.87. The zero-order chi connectivity index (χ0) is 15.8. The van der Waals surface area contributed by atoms with E-state index in [1.807, 2.05) is 6.92 Å². The number of sulfonamides is 2. The van der Waals surface area contributed by atoms with Gasteiger partial charge < -0.3 is 0 Å². The predicted octanol–water partition coefficient (Wildman–Crippen LogP) is 0.940. The first-order chi connectivity index (χ1) is 9.65. The number of primary sulfonamides is 1. The van der Waals surface area contributed by atoms with Crippen molar-refractivity contribution in [1.82, 2.24) is 4.72 Å². The average molecular weight is 336 g/mol. The molecule has 0 bridgehead atoms. The van der Waals surface area contributed by atoms with E-state index in [9.17, 15) is 21.2 Å². The molecule has 2 unspecified atom stereocenters. The molecule has 1 aromatic rings. The van der Waals surface area contributed by atoms with Crippen LogP contribution in [0.5, 0.6) is 0 Å². The fraction of sp³-hybridized carbons (Fsp3) is 0.500. The van der Waals surface area contributed by atoms with E-state index in [4.69, 9.17) is 5.14 Å². The van der Waals surface area contributed by atoms with Gasteiger partial charge in [-0.3, -0.25) is 0 Å². The molecule has 118 valence electrons. The third kappa shape index (κ3) is 3.79. The second-order valence-corrected chi connectivity index (χ2v) is 8.39. The molecular weight excluding hydrogens is 319 g/mol. The molecule has 0 spiro atoms. The topological polar surface area (TPSA) is 106 Å². The Morgan fingerprint density at radius 1 is 1.33 bits per heavy atom. The Kier molecular flexibility index (Phi) is 4.39. The van der Waals surface area contributed by atoms with Crippen LogP contribution in [0.2, 0.25) is 0 Å². The summed E-state index contributed by atoms with van der Waals surface area (Å²) in [6.07, 6.45) is 2.62. The highest BCUT2D eigenvalue weighted by atomic mass is 32.2. The van der Waals surface area contributed by atoms with Gasteiger partial charge in [0.1, 0.15) is 10.7 Å². The van der Waals surface area contributed by atoms with Crippen molar-refractivity contribution in [1.29, 1.82) is 0 Å². The summed E-state index contributed by atoms with van der Waals surface area (Å²) in [6, 6.07) is 2.32. The molecule has 2 rings (SSSR count). The minimum Gasteiger partial charge on any atom is -0.225 e. The summed E-state index contributed by atoms with van der Waals surface area (Å²) in [6.45, 7) is 2.01. The molecule has 1 aliphatic rings. The molecule has 1 aliphatic carbocycles. The molecule has 0 amide bonds. The number of nitrogens with two attached hydrogens (primary N) is 1. The molecule has 0 aliphatic heterocycles. The second-order valence-electron chi connectivity index (χ2n) is 5.15. The van der Waals surface area contributed by atoms with Crippen LogP contribution in [0, 0.1) is 11.7 Å². The number of nitrogens with one attached hydrogen (secondary N) is 1. The quantitative estimate of drug-likeness (QED) is 0.806. The maximum Gasteiger partial charge on any atom is 0.243 e. The average Bonchev–Trinajstić information content (AvgIpc) is 3.05. The lowest BCUT2D eigenvalue weighted by Gasteiger charge is -2.08. The number of benzene rings is 1. The fourth-order valence-electron chi connectivity index (χ4n) is 2.22. The highest BCUT2D eigenvalue weighted by Crippen LogP contribution is 2.35. The van der Waals surface area contributed by atoms with E-state index in [0.717, 1.165) is 31.4 Å². The van der Waals surface area contributed by atoms with Gasteiger partial charge in [-0.2, -0.15) is 0 Å². The molecule has 1 fully saturated rings. The molecule has 21 heavy (non-hydrogen) atoms. The van der Waals surface area contributed by atoms with Crippen molar-refractivity contribution >= 4 is 20.0 Å². The zero-order valence-electron chi connectivity index (χ0n) is 11.4. The van der Waals surface area contributed by atoms with Crippen LogP contribution in [0.3, 0.4) is 0 Å². The third-order valence-electron chi connectivity index (χ3n) is 3.41. The van der Waals surface area contributed by atoms with Gasteiger partial charge >= 0.3 is 0 Å². The minimum absolute atomic E-state index is 0.174. The van der Waals surface area contributed by atoms with Crippen LogP contribution in [0.1, 0.15) is 26.2 Å². The smallest absolute Gasteiger partial charge is 0.225 e. The number of hydrogen-bond acceptors (Lipinski definition) is 4. The lowest BCUT2D eigenvalue weighted by molar-refractivity contribution is 0.548. The number of hydrogen-bond donors (Lipinski definition) is 2. The van der Waals surface area contributed by atoms with E-state index in [1.165, 1.54) is 0 Å². The summed E-state index contributed by atoms with van der Waals surface area (Å²) >= 11 is 0. The van der Waals surface area contributed by atoms with E-state index < -0.39 is 35.7 Å². The maximum atomic E-state index is 13.9. The molecule has 3 N–H and O–H groups in total.